The summed E-state index contributed by atoms with van der Waals surface area (Å²) in [5.74, 6) is -0.378. The van der Waals surface area contributed by atoms with Crippen LogP contribution in [-0.4, -0.2) is 36.2 Å². The van der Waals surface area contributed by atoms with Gasteiger partial charge in [0.2, 0.25) is 0 Å². The summed E-state index contributed by atoms with van der Waals surface area (Å²) >= 11 is 0. The summed E-state index contributed by atoms with van der Waals surface area (Å²) in [5.41, 5.74) is 2.74. The fourth-order valence-electron chi connectivity index (χ4n) is 2.76. The summed E-state index contributed by atoms with van der Waals surface area (Å²) in [6.45, 7) is 8.23. The third kappa shape index (κ3) is 4.37. The lowest BCUT2D eigenvalue weighted by atomic mass is 9.92. The minimum atomic E-state index is -0.500. The van der Waals surface area contributed by atoms with Crippen LogP contribution < -0.4 is 0 Å². The molecule has 0 aliphatic carbocycles. The predicted molar refractivity (Wildman–Crippen MR) is 92.6 cm³/mol. The topological polar surface area (TPSA) is 55.8 Å². The average molecular weight is 331 g/mol. The minimum Gasteiger partial charge on any atom is -0.466 e. The van der Waals surface area contributed by atoms with E-state index in [1.165, 1.54) is 18.7 Å². The van der Waals surface area contributed by atoms with Crippen LogP contribution in [0.3, 0.4) is 0 Å². The predicted octanol–water partition coefficient (Wildman–Crippen LogP) is 3.73. The first-order chi connectivity index (χ1) is 11.2. The molecule has 2 rings (SSSR count). The zero-order valence-electron chi connectivity index (χ0n) is 15.0. The molecule has 1 aromatic carbocycles. The Morgan fingerprint density at radius 3 is 2.62 bits per heavy atom. The number of carbonyl (C=O) groups excluding carboxylic acids is 2. The molecule has 1 aromatic rings. The van der Waals surface area contributed by atoms with Crippen molar-refractivity contribution in [2.45, 2.75) is 45.8 Å². The molecule has 1 atom stereocenters. The van der Waals surface area contributed by atoms with Crippen LogP contribution in [0.4, 0.5) is 4.79 Å². The quantitative estimate of drug-likeness (QED) is 0.612. The molecule has 24 heavy (non-hydrogen) atoms. The van der Waals surface area contributed by atoms with Gasteiger partial charge in [0.05, 0.1) is 13.2 Å². The molecular weight excluding hydrogens is 306 g/mol. The first-order valence-corrected chi connectivity index (χ1v) is 8.10. The second-order valence-corrected chi connectivity index (χ2v) is 6.91. The molecule has 130 valence electrons. The highest BCUT2D eigenvalue weighted by Gasteiger charge is 2.30. The summed E-state index contributed by atoms with van der Waals surface area (Å²) in [6.07, 6.45) is 3.62. The van der Waals surface area contributed by atoms with Crippen molar-refractivity contribution in [3.8, 4) is 0 Å². The highest BCUT2D eigenvalue weighted by atomic mass is 16.6. The maximum atomic E-state index is 12.4. The summed E-state index contributed by atoms with van der Waals surface area (Å²) in [7, 11) is 1.35. The van der Waals surface area contributed by atoms with Crippen LogP contribution >= 0.6 is 0 Å². The number of rotatable bonds is 2. The SMILES string of the molecule is COC(=O)/C=C/c1ccc2c(c1)CCN(C(=O)OC(C)(C)C)C2C. The van der Waals surface area contributed by atoms with Gasteiger partial charge in [-0.3, -0.25) is 0 Å². The Labute approximate surface area is 143 Å². The van der Waals surface area contributed by atoms with E-state index >= 15 is 0 Å². The van der Waals surface area contributed by atoms with Crippen molar-refractivity contribution in [2.24, 2.45) is 0 Å². The Morgan fingerprint density at radius 1 is 1.29 bits per heavy atom. The number of methoxy groups -OCH3 is 1. The van der Waals surface area contributed by atoms with Crippen LogP contribution in [0.25, 0.3) is 6.08 Å². The Kier molecular flexibility index (Phi) is 5.32. The largest absolute Gasteiger partial charge is 0.466 e. The third-order valence-electron chi connectivity index (χ3n) is 3.95. The van der Waals surface area contributed by atoms with Crippen LogP contribution in [0.15, 0.2) is 24.3 Å². The van der Waals surface area contributed by atoms with E-state index in [1.54, 1.807) is 11.0 Å². The molecule has 1 amide bonds. The van der Waals surface area contributed by atoms with E-state index in [2.05, 4.69) is 10.8 Å². The summed E-state index contributed by atoms with van der Waals surface area (Å²) in [4.78, 5) is 25.3. The van der Waals surface area contributed by atoms with Gasteiger partial charge in [0, 0.05) is 12.6 Å². The van der Waals surface area contributed by atoms with E-state index in [1.807, 2.05) is 39.8 Å². The van der Waals surface area contributed by atoms with E-state index in [-0.39, 0.29) is 18.1 Å². The molecule has 0 radical (unpaired) electrons. The zero-order chi connectivity index (χ0) is 17.9. The molecule has 0 aromatic heterocycles. The number of esters is 1. The van der Waals surface area contributed by atoms with Crippen LogP contribution in [0.5, 0.6) is 0 Å². The maximum absolute atomic E-state index is 12.4. The van der Waals surface area contributed by atoms with E-state index in [0.29, 0.717) is 6.54 Å². The van der Waals surface area contributed by atoms with Crippen molar-refractivity contribution in [1.82, 2.24) is 4.90 Å². The zero-order valence-corrected chi connectivity index (χ0v) is 15.0. The van der Waals surface area contributed by atoms with Gasteiger partial charge in [0.15, 0.2) is 0 Å². The molecule has 0 saturated carbocycles. The highest BCUT2D eigenvalue weighted by molar-refractivity contribution is 5.87. The molecule has 0 fully saturated rings. The maximum Gasteiger partial charge on any atom is 0.410 e. The Hall–Kier alpha value is -2.30. The Balaban J connectivity index is 2.16. The van der Waals surface area contributed by atoms with Gasteiger partial charge in [-0.15, -0.1) is 0 Å². The van der Waals surface area contributed by atoms with Gasteiger partial charge in [-0.05, 0) is 56.9 Å². The number of carbonyl (C=O) groups is 2. The molecule has 1 heterocycles. The summed E-state index contributed by atoms with van der Waals surface area (Å²) in [6, 6.07) is 5.96. The summed E-state index contributed by atoms with van der Waals surface area (Å²) < 4.78 is 10.1. The second-order valence-electron chi connectivity index (χ2n) is 6.91. The van der Waals surface area contributed by atoms with Crippen LogP contribution in [0.1, 0.15) is 50.4 Å². The van der Waals surface area contributed by atoms with Gasteiger partial charge < -0.3 is 14.4 Å². The van der Waals surface area contributed by atoms with Gasteiger partial charge in [0.1, 0.15) is 5.60 Å². The van der Waals surface area contributed by atoms with E-state index in [9.17, 15) is 9.59 Å². The molecular formula is C19H25NO4. The number of fused-ring (bicyclic) bond motifs is 1. The molecule has 5 heteroatoms. The van der Waals surface area contributed by atoms with Gasteiger partial charge in [-0.2, -0.15) is 0 Å². The second kappa shape index (κ2) is 7.07. The number of nitrogens with zero attached hydrogens (tertiary/aromatic N) is 1. The molecule has 0 bridgehead atoms. The van der Waals surface area contributed by atoms with Crippen LogP contribution in [0.2, 0.25) is 0 Å². The van der Waals surface area contributed by atoms with Gasteiger partial charge >= 0.3 is 12.1 Å². The highest BCUT2D eigenvalue weighted by Crippen LogP contribution is 2.31. The summed E-state index contributed by atoms with van der Waals surface area (Å²) in [5, 5.41) is 0. The van der Waals surface area contributed by atoms with Crippen molar-refractivity contribution in [3.05, 3.63) is 41.0 Å². The number of hydrogen-bond acceptors (Lipinski definition) is 4. The molecule has 1 aliphatic rings. The first-order valence-electron chi connectivity index (χ1n) is 8.10. The fourth-order valence-corrected chi connectivity index (χ4v) is 2.76. The van der Waals surface area contributed by atoms with Gasteiger partial charge in [-0.1, -0.05) is 18.2 Å². The first kappa shape index (κ1) is 18.0. The molecule has 0 N–H and O–H groups in total. The smallest absolute Gasteiger partial charge is 0.410 e. The van der Waals surface area contributed by atoms with Crippen molar-refractivity contribution in [3.63, 3.8) is 0 Å². The normalized spacial score (nSPS) is 17.5. The molecule has 1 aliphatic heterocycles. The molecule has 0 spiro atoms. The average Bonchev–Trinajstić information content (AvgIpc) is 2.51. The van der Waals surface area contributed by atoms with Crippen molar-refractivity contribution < 1.29 is 19.1 Å². The minimum absolute atomic E-state index is 0.0396. The van der Waals surface area contributed by atoms with E-state index in [0.717, 1.165) is 17.5 Å². The molecule has 0 saturated heterocycles. The number of hydrogen-bond donors (Lipinski definition) is 0. The lowest BCUT2D eigenvalue weighted by Gasteiger charge is -2.36. The lowest BCUT2D eigenvalue weighted by Crippen LogP contribution is -2.42. The van der Waals surface area contributed by atoms with Crippen molar-refractivity contribution in [1.29, 1.82) is 0 Å². The fraction of sp³-hybridized carbons (Fsp3) is 0.474. The monoisotopic (exact) mass is 331 g/mol. The van der Waals surface area contributed by atoms with E-state index in [4.69, 9.17) is 4.74 Å². The van der Waals surface area contributed by atoms with Crippen LogP contribution in [0, 0.1) is 0 Å². The lowest BCUT2D eigenvalue weighted by molar-refractivity contribution is -0.134. The molecule has 1 unspecified atom stereocenters. The number of ether oxygens (including phenoxy) is 2. The standard InChI is InChI=1S/C19H25NO4/c1-13-16-8-6-14(7-9-17(21)23-5)12-15(16)10-11-20(13)18(22)24-19(2,3)4/h6-9,12-13H,10-11H2,1-5H3/b9-7+. The molecule has 5 nitrogen and oxygen atoms in total. The van der Waals surface area contributed by atoms with Crippen LogP contribution in [-0.2, 0) is 20.7 Å². The number of amides is 1. The Bertz CT molecular complexity index is 658. The van der Waals surface area contributed by atoms with E-state index < -0.39 is 5.60 Å². The van der Waals surface area contributed by atoms with Gasteiger partial charge in [-0.25, -0.2) is 9.59 Å². The van der Waals surface area contributed by atoms with Gasteiger partial charge in [0.25, 0.3) is 0 Å². The Morgan fingerprint density at radius 2 is 2.00 bits per heavy atom. The van der Waals surface area contributed by atoms with Crippen molar-refractivity contribution >= 4 is 18.1 Å². The number of benzene rings is 1. The third-order valence-corrected chi connectivity index (χ3v) is 3.95. The van der Waals surface area contributed by atoms with Crippen molar-refractivity contribution in [2.75, 3.05) is 13.7 Å².